The van der Waals surface area contributed by atoms with Gasteiger partial charge in [0.15, 0.2) is 0 Å². The first kappa shape index (κ1) is 39.0. The number of unbranched alkanes of at least 4 members (excludes halogenated alkanes) is 13. The van der Waals surface area contributed by atoms with E-state index < -0.39 is 50.9 Å². The van der Waals surface area contributed by atoms with Gasteiger partial charge in [0.2, 0.25) is 0 Å². The van der Waals surface area contributed by atoms with Gasteiger partial charge in [-0.3, -0.25) is 14.4 Å². The number of nitrogens with zero attached hydrogens (tertiary/aromatic N) is 3. The SMILES string of the molecule is CCCCCCCCCCCCCCCC[Si](N(C)C(=O)C(F)(F)F)(N(C)C(=O)C(F)(F)F)N(C)C(=O)C(F)(F)F. The third-order valence-electron chi connectivity index (χ3n) is 7.12. The normalized spacial score (nSPS) is 12.8. The molecular weight excluding hydrogens is 589 g/mol. The fourth-order valence-corrected chi connectivity index (χ4v) is 9.23. The van der Waals surface area contributed by atoms with Crippen molar-refractivity contribution in [3.05, 3.63) is 0 Å². The van der Waals surface area contributed by atoms with Gasteiger partial charge in [-0.15, -0.1) is 0 Å². The summed E-state index contributed by atoms with van der Waals surface area (Å²) in [6, 6.07) is -0.847. The van der Waals surface area contributed by atoms with E-state index >= 15 is 0 Å². The van der Waals surface area contributed by atoms with Crippen molar-refractivity contribution >= 4 is 26.3 Å². The summed E-state index contributed by atoms with van der Waals surface area (Å²) in [5, 5.41) is 0. The van der Waals surface area contributed by atoms with Crippen LogP contribution in [0, 0.1) is 0 Å². The van der Waals surface area contributed by atoms with Crippen LogP contribution in [-0.4, -0.2) is 79.6 Å². The van der Waals surface area contributed by atoms with Gasteiger partial charge in [-0.25, -0.2) is 0 Å². The van der Waals surface area contributed by atoms with Crippen molar-refractivity contribution < 1.29 is 53.9 Å². The van der Waals surface area contributed by atoms with Crippen molar-refractivity contribution in [1.82, 2.24) is 13.7 Å². The van der Waals surface area contributed by atoms with E-state index in [1.165, 1.54) is 32.1 Å². The molecule has 0 aromatic heterocycles. The van der Waals surface area contributed by atoms with E-state index in [0.717, 1.165) is 32.1 Å². The summed E-state index contributed by atoms with van der Waals surface area (Å²) in [7, 11) is -4.33. The highest BCUT2D eigenvalue weighted by Gasteiger charge is 2.63. The maximum absolute atomic E-state index is 13.3. The minimum Gasteiger partial charge on any atom is -0.330 e. The van der Waals surface area contributed by atoms with Gasteiger partial charge in [-0.1, -0.05) is 96.8 Å². The molecule has 0 heterocycles. The fraction of sp³-hybridized carbons (Fsp3) is 0.880. The van der Waals surface area contributed by atoms with Gasteiger partial charge < -0.3 is 13.7 Å². The molecule has 0 aliphatic carbocycles. The number of hydrogen-bond acceptors (Lipinski definition) is 3. The Hall–Kier alpha value is -2.00. The van der Waals surface area contributed by atoms with Gasteiger partial charge in [-0.2, -0.15) is 39.5 Å². The van der Waals surface area contributed by atoms with Crippen LogP contribution in [0.4, 0.5) is 39.5 Å². The largest absolute Gasteiger partial charge is 0.470 e. The molecule has 0 rings (SSSR count). The van der Waals surface area contributed by atoms with Crippen molar-refractivity contribution in [1.29, 1.82) is 0 Å². The Morgan fingerprint density at radius 1 is 0.463 bits per heavy atom. The Kier molecular flexibility index (Phi) is 16.4. The Morgan fingerprint density at radius 3 is 0.902 bits per heavy atom. The molecule has 0 aromatic carbocycles. The summed E-state index contributed by atoms with van der Waals surface area (Å²) < 4.78 is 119. The lowest BCUT2D eigenvalue weighted by Gasteiger charge is -2.49. The van der Waals surface area contributed by atoms with Crippen LogP contribution < -0.4 is 0 Å². The molecule has 0 spiro atoms. The highest BCUT2D eigenvalue weighted by Crippen LogP contribution is 2.34. The zero-order valence-corrected chi connectivity index (χ0v) is 25.1. The average Bonchev–Trinajstić information content (AvgIpc) is 2.87. The monoisotopic (exact) mass is 631 g/mol. The molecule has 0 radical (unpaired) electrons. The predicted octanol–water partition coefficient (Wildman–Crippen LogP) is 7.47. The molecule has 0 aromatic rings. The minimum atomic E-state index is -5.69. The molecule has 242 valence electrons. The third-order valence-corrected chi connectivity index (χ3v) is 12.0. The number of alkyl halides is 9. The number of carbonyl (C=O) groups excluding carboxylic acids is 3. The maximum Gasteiger partial charge on any atom is 0.470 e. The molecule has 0 N–H and O–H groups in total. The van der Waals surface area contributed by atoms with E-state index in [4.69, 9.17) is 0 Å². The van der Waals surface area contributed by atoms with Crippen molar-refractivity contribution in [3.63, 3.8) is 0 Å². The third kappa shape index (κ3) is 12.4. The molecule has 0 saturated carbocycles. The van der Waals surface area contributed by atoms with Crippen LogP contribution in [-0.2, 0) is 14.4 Å². The van der Waals surface area contributed by atoms with E-state index in [1.54, 1.807) is 0 Å². The van der Waals surface area contributed by atoms with Crippen LogP contribution in [0.2, 0.25) is 6.04 Å². The van der Waals surface area contributed by atoms with E-state index in [2.05, 4.69) is 6.92 Å². The van der Waals surface area contributed by atoms with E-state index in [1.807, 2.05) is 0 Å². The Balaban J connectivity index is 5.59. The van der Waals surface area contributed by atoms with Gasteiger partial charge in [0.05, 0.1) is 0 Å². The summed E-state index contributed by atoms with van der Waals surface area (Å²) in [4.78, 5) is 36.3. The van der Waals surface area contributed by atoms with Gasteiger partial charge in [0.1, 0.15) is 0 Å². The first-order chi connectivity index (χ1) is 18.8. The average molecular weight is 632 g/mol. The highest BCUT2D eigenvalue weighted by atomic mass is 28.4. The minimum absolute atomic E-state index is 0.197. The number of halogens is 9. The van der Waals surface area contributed by atoms with Crippen LogP contribution in [0.1, 0.15) is 96.8 Å². The Morgan fingerprint density at radius 2 is 0.683 bits per heavy atom. The second-order valence-corrected chi connectivity index (χ2v) is 14.3. The van der Waals surface area contributed by atoms with E-state index in [-0.39, 0.29) is 26.5 Å². The Labute approximate surface area is 236 Å². The zero-order chi connectivity index (χ0) is 32.1. The fourth-order valence-electron chi connectivity index (χ4n) is 4.79. The second kappa shape index (κ2) is 17.2. The topological polar surface area (TPSA) is 60.9 Å². The molecule has 41 heavy (non-hydrogen) atoms. The summed E-state index contributed by atoms with van der Waals surface area (Å²) in [6.07, 6.45) is -4.94. The van der Waals surface area contributed by atoms with Crippen molar-refractivity contribution in [2.45, 2.75) is 121 Å². The number of carbonyl (C=O) groups is 3. The number of amides is 3. The Bertz CT molecular complexity index is 742. The lowest BCUT2D eigenvalue weighted by Crippen LogP contribution is -2.78. The van der Waals surface area contributed by atoms with Crippen molar-refractivity contribution in [3.8, 4) is 0 Å². The molecule has 6 nitrogen and oxygen atoms in total. The van der Waals surface area contributed by atoms with Gasteiger partial charge in [0, 0.05) is 21.1 Å². The van der Waals surface area contributed by atoms with Crippen LogP contribution in [0.15, 0.2) is 0 Å². The molecule has 0 bridgehead atoms. The lowest BCUT2D eigenvalue weighted by atomic mass is 10.0. The molecule has 0 fully saturated rings. The zero-order valence-electron chi connectivity index (χ0n) is 24.1. The van der Waals surface area contributed by atoms with Crippen LogP contribution in [0.25, 0.3) is 0 Å². The quantitative estimate of drug-likeness (QED) is 0.0896. The standard InChI is InChI=1S/C25H42F9N3O3Si/c1-5-6-7-8-9-10-11-12-13-14-15-16-17-18-19-41(35(2)20(38)23(26,27)28,36(3)21(39)24(29,30)31)37(4)22(40)25(32,33)34/h5-19H2,1-4H3. The van der Waals surface area contributed by atoms with Crippen LogP contribution in [0.3, 0.4) is 0 Å². The molecule has 0 unspecified atom stereocenters. The summed E-state index contributed by atoms with van der Waals surface area (Å²) in [6.45, 7) is 2.15. The van der Waals surface area contributed by atoms with E-state index in [0.29, 0.717) is 34.0 Å². The van der Waals surface area contributed by atoms with Gasteiger partial charge >= 0.3 is 44.8 Å². The van der Waals surface area contributed by atoms with Gasteiger partial charge in [0.25, 0.3) is 0 Å². The number of hydrogen-bond donors (Lipinski definition) is 0. The summed E-state index contributed by atoms with van der Waals surface area (Å²) >= 11 is 0. The van der Waals surface area contributed by atoms with Crippen molar-refractivity contribution in [2.24, 2.45) is 0 Å². The molecular formula is C25H42F9N3O3Si. The van der Waals surface area contributed by atoms with Gasteiger partial charge in [-0.05, 0) is 6.04 Å². The molecule has 0 aliphatic heterocycles. The first-order valence-corrected chi connectivity index (χ1v) is 15.9. The molecule has 0 saturated heterocycles. The van der Waals surface area contributed by atoms with Crippen LogP contribution in [0.5, 0.6) is 0 Å². The smallest absolute Gasteiger partial charge is 0.330 e. The predicted molar refractivity (Wildman–Crippen MR) is 137 cm³/mol. The first-order valence-electron chi connectivity index (χ1n) is 13.8. The molecule has 3 amide bonds. The molecule has 16 heteroatoms. The van der Waals surface area contributed by atoms with Crippen molar-refractivity contribution in [2.75, 3.05) is 21.1 Å². The summed E-state index contributed by atoms with van der Waals surface area (Å²) in [5.41, 5.74) is 0. The molecule has 0 aliphatic rings. The highest BCUT2D eigenvalue weighted by molar-refractivity contribution is 6.77. The maximum atomic E-state index is 13.3. The van der Waals surface area contributed by atoms with Crippen LogP contribution >= 0.6 is 0 Å². The second-order valence-electron chi connectivity index (χ2n) is 10.2. The lowest BCUT2D eigenvalue weighted by molar-refractivity contribution is -0.187. The summed E-state index contributed by atoms with van der Waals surface area (Å²) in [5.74, 6) is -8.30. The molecule has 0 atom stereocenters. The number of rotatable bonds is 18. The van der Waals surface area contributed by atoms with E-state index in [9.17, 15) is 53.9 Å².